The van der Waals surface area contributed by atoms with E-state index in [4.69, 9.17) is 45.5 Å². The zero-order valence-electron chi connectivity index (χ0n) is 2.92. The van der Waals surface area contributed by atoms with Gasteiger partial charge in [0.1, 0.15) is 0 Å². The third-order valence-electron chi connectivity index (χ3n) is 0.0875. The molecule has 0 nitrogen and oxygen atoms in total. The Bertz CT molecular complexity index is 41.4. The van der Waals surface area contributed by atoms with Crippen molar-refractivity contribution in [2.45, 2.75) is 3.12 Å². The Morgan fingerprint density at radius 3 is 1.29 bits per heavy atom. The van der Waals surface area contributed by atoms with Gasteiger partial charge in [-0.15, -0.1) is 0 Å². The molecule has 0 radical (unpaired) electrons. The average Bonchev–Trinajstić information content (AvgIpc) is 1.35. The van der Waals surface area contributed by atoms with Crippen LogP contribution in [0.4, 0.5) is 0 Å². The van der Waals surface area contributed by atoms with Gasteiger partial charge in [-0.1, -0.05) is 34.8 Å². The Morgan fingerprint density at radius 1 is 1.14 bits per heavy atom. The molecule has 0 saturated heterocycles. The van der Waals surface area contributed by atoms with Crippen molar-refractivity contribution < 1.29 is 21.7 Å². The SMILES string of the molecule is ClSC(Cl)(Cl)Cl.[Ti]. The topological polar surface area (TPSA) is 0 Å². The van der Waals surface area contributed by atoms with Crippen LogP contribution in [0.2, 0.25) is 0 Å². The summed E-state index contributed by atoms with van der Waals surface area (Å²) in [6, 6.07) is 0. The Morgan fingerprint density at radius 2 is 1.29 bits per heavy atom. The predicted molar refractivity (Wildman–Crippen MR) is 33.7 cm³/mol. The normalized spacial score (nSPS) is 10.3. The maximum atomic E-state index is 5.08. The molecule has 0 atom stereocenters. The van der Waals surface area contributed by atoms with Crippen molar-refractivity contribution in [1.29, 1.82) is 0 Å². The molecule has 7 heavy (non-hydrogen) atoms. The first-order chi connectivity index (χ1) is 2.56. The first kappa shape index (κ1) is 12.0. The van der Waals surface area contributed by atoms with E-state index in [1.165, 1.54) is 0 Å². The standard InChI is InChI=1S/CCl4S.Ti/c2-1(3,4)6-5;. The molecule has 0 aliphatic heterocycles. The van der Waals surface area contributed by atoms with Crippen LogP contribution in [0.5, 0.6) is 0 Å². The van der Waals surface area contributed by atoms with Gasteiger partial charge in [-0.3, -0.25) is 0 Å². The summed E-state index contributed by atoms with van der Waals surface area (Å²) in [6.45, 7) is 0. The van der Waals surface area contributed by atoms with E-state index < -0.39 is 3.12 Å². The van der Waals surface area contributed by atoms with Gasteiger partial charge in [-0.2, -0.15) is 0 Å². The van der Waals surface area contributed by atoms with Crippen LogP contribution in [0.15, 0.2) is 0 Å². The van der Waals surface area contributed by atoms with Crippen LogP contribution in [-0.4, -0.2) is 3.12 Å². The van der Waals surface area contributed by atoms with Gasteiger partial charge < -0.3 is 0 Å². The van der Waals surface area contributed by atoms with Crippen molar-refractivity contribution in [2.75, 3.05) is 0 Å². The second-order valence-corrected chi connectivity index (χ2v) is 4.71. The van der Waals surface area contributed by atoms with E-state index in [0.29, 0.717) is 11.0 Å². The number of halogens is 4. The average molecular weight is 234 g/mol. The van der Waals surface area contributed by atoms with Crippen LogP contribution in [0, 0.1) is 0 Å². The summed E-state index contributed by atoms with van der Waals surface area (Å²) < 4.78 is -1.36. The fourth-order valence-electron chi connectivity index (χ4n) is 0. The summed E-state index contributed by atoms with van der Waals surface area (Å²) >= 11 is 15.2. The van der Waals surface area contributed by atoms with E-state index in [-0.39, 0.29) is 21.7 Å². The molecule has 0 bridgehead atoms. The zero-order chi connectivity index (χ0) is 5.21. The van der Waals surface area contributed by atoms with Gasteiger partial charge in [0.15, 0.2) is 0 Å². The van der Waals surface area contributed by atoms with Gasteiger partial charge in [0.05, 0.1) is 0 Å². The fraction of sp³-hybridized carbons (Fsp3) is 1.00. The molecule has 0 amide bonds. The Balaban J connectivity index is 0. The molecule has 0 N–H and O–H groups in total. The maximum Gasteiger partial charge on any atom is 0.251 e. The van der Waals surface area contributed by atoms with Crippen molar-refractivity contribution in [1.82, 2.24) is 0 Å². The second kappa shape index (κ2) is 5.04. The quantitative estimate of drug-likeness (QED) is 0.458. The minimum absolute atomic E-state index is 0. The number of hydrogen-bond donors (Lipinski definition) is 0. The molecule has 0 spiro atoms. The molecule has 42 valence electrons. The maximum absolute atomic E-state index is 5.08. The van der Waals surface area contributed by atoms with Crippen molar-refractivity contribution in [3.05, 3.63) is 0 Å². The smallest absolute Gasteiger partial charge is 0.0706 e. The Labute approximate surface area is 80.6 Å². The molecule has 0 aliphatic rings. The third kappa shape index (κ3) is 11.7. The van der Waals surface area contributed by atoms with Crippen molar-refractivity contribution in [2.24, 2.45) is 0 Å². The number of hydrogen-bond acceptors (Lipinski definition) is 1. The van der Waals surface area contributed by atoms with Gasteiger partial charge in [-0.25, -0.2) is 0 Å². The summed E-state index contributed by atoms with van der Waals surface area (Å²) in [4.78, 5) is 0. The molecule has 6 heteroatoms. The molecule has 0 rings (SSSR count). The van der Waals surface area contributed by atoms with Crippen LogP contribution in [0.1, 0.15) is 0 Å². The monoisotopic (exact) mass is 232 g/mol. The summed E-state index contributed by atoms with van der Waals surface area (Å²) in [5.74, 6) is 0. The van der Waals surface area contributed by atoms with Crippen LogP contribution in [-0.2, 0) is 21.7 Å². The van der Waals surface area contributed by atoms with E-state index in [1.807, 2.05) is 0 Å². The van der Waals surface area contributed by atoms with Crippen molar-refractivity contribution >= 4 is 56.5 Å². The fourth-order valence-corrected chi connectivity index (χ4v) is 0. The van der Waals surface area contributed by atoms with Gasteiger partial charge in [-0.05, 0) is 10.7 Å². The Hall–Kier alpha value is 2.22. The van der Waals surface area contributed by atoms with Crippen LogP contribution in [0.25, 0.3) is 0 Å². The summed E-state index contributed by atoms with van der Waals surface area (Å²) in [6.07, 6.45) is 0. The van der Waals surface area contributed by atoms with Crippen molar-refractivity contribution in [3.63, 3.8) is 0 Å². The van der Waals surface area contributed by atoms with Gasteiger partial charge >= 0.3 is 0 Å². The van der Waals surface area contributed by atoms with E-state index >= 15 is 0 Å². The molecule has 0 fully saturated rings. The number of rotatable bonds is 0. The van der Waals surface area contributed by atoms with Crippen LogP contribution >= 0.6 is 56.5 Å². The molecule has 0 saturated carbocycles. The second-order valence-electron chi connectivity index (χ2n) is 0.523. The van der Waals surface area contributed by atoms with Gasteiger partial charge in [0.2, 0.25) is 0 Å². The summed E-state index contributed by atoms with van der Waals surface area (Å²) in [5.41, 5.74) is 0. The van der Waals surface area contributed by atoms with E-state index in [2.05, 4.69) is 0 Å². The van der Waals surface area contributed by atoms with E-state index in [9.17, 15) is 0 Å². The van der Waals surface area contributed by atoms with Crippen LogP contribution < -0.4 is 0 Å². The molecule has 0 aromatic rings. The third-order valence-corrected chi connectivity index (χ3v) is 2.36. The summed E-state index contributed by atoms with van der Waals surface area (Å²) in [7, 11) is 5.65. The first-order valence-corrected chi connectivity index (χ1v) is 3.70. The minimum atomic E-state index is -1.36. The zero-order valence-corrected chi connectivity index (χ0v) is 8.32. The predicted octanol–water partition coefficient (Wildman–Crippen LogP) is 3.20. The molecule has 0 aliphatic carbocycles. The number of alkyl halides is 3. The van der Waals surface area contributed by atoms with Crippen LogP contribution in [0.3, 0.4) is 0 Å². The minimum Gasteiger partial charge on any atom is -0.0706 e. The van der Waals surface area contributed by atoms with Gasteiger partial charge in [0.25, 0.3) is 3.12 Å². The Kier molecular flexibility index (Phi) is 8.62. The van der Waals surface area contributed by atoms with Gasteiger partial charge in [0, 0.05) is 32.7 Å². The molecular weight excluding hydrogens is 234 g/mol. The van der Waals surface area contributed by atoms with E-state index in [0.717, 1.165) is 0 Å². The molecule has 0 unspecified atom stereocenters. The molecule has 0 aromatic heterocycles. The van der Waals surface area contributed by atoms with Crippen molar-refractivity contribution in [3.8, 4) is 0 Å². The molecule has 0 aromatic carbocycles. The van der Waals surface area contributed by atoms with E-state index in [1.54, 1.807) is 0 Å². The molecule has 0 heterocycles. The first-order valence-electron chi connectivity index (χ1n) is 0.925. The summed E-state index contributed by atoms with van der Waals surface area (Å²) in [5, 5.41) is 0. The largest absolute Gasteiger partial charge is 0.251 e. The molecular formula is CCl4STi.